The third-order valence-electron chi connectivity index (χ3n) is 6.89. The van der Waals surface area contributed by atoms with Crippen molar-refractivity contribution in [2.75, 3.05) is 32.8 Å². The summed E-state index contributed by atoms with van der Waals surface area (Å²) in [7, 11) is 0. The van der Waals surface area contributed by atoms with Crippen molar-refractivity contribution in [1.29, 1.82) is 0 Å². The number of rotatable bonds is 7. The number of aromatic nitrogens is 1. The average molecular weight is 491 g/mol. The summed E-state index contributed by atoms with van der Waals surface area (Å²) in [5.41, 5.74) is 4.62. The lowest BCUT2D eigenvalue weighted by atomic mass is 9.89. The predicted molar refractivity (Wildman–Crippen MR) is 139 cm³/mol. The van der Waals surface area contributed by atoms with Gasteiger partial charge in [0.1, 0.15) is 18.1 Å². The Morgan fingerprint density at radius 3 is 2.71 bits per heavy atom. The predicted octanol–water partition coefficient (Wildman–Crippen LogP) is 6.11. The highest BCUT2D eigenvalue weighted by Crippen LogP contribution is 2.41. The van der Waals surface area contributed by atoms with Gasteiger partial charge in [-0.25, -0.2) is 4.98 Å². The fourth-order valence-electron chi connectivity index (χ4n) is 5.04. The van der Waals surface area contributed by atoms with E-state index in [0.717, 1.165) is 53.7 Å². The number of nitrogens with zero attached hydrogens (tertiary/aromatic N) is 2. The number of ether oxygens (including phenoxy) is 2. The monoisotopic (exact) mass is 490 g/mol. The number of pyridine rings is 1. The van der Waals surface area contributed by atoms with E-state index in [1.54, 1.807) is 6.20 Å². The summed E-state index contributed by atoms with van der Waals surface area (Å²) in [5, 5.41) is 10.0. The zero-order valence-corrected chi connectivity index (χ0v) is 20.6. The van der Waals surface area contributed by atoms with E-state index in [-0.39, 0.29) is 13.2 Å². The molecule has 0 atom stereocenters. The first kappa shape index (κ1) is 23.9. The van der Waals surface area contributed by atoms with Gasteiger partial charge in [0.2, 0.25) is 5.88 Å². The molecular weight excluding hydrogens is 460 g/mol. The molecule has 1 aromatic heterocycles. The lowest BCUT2D eigenvalue weighted by Crippen LogP contribution is -2.33. The molecule has 2 aliphatic heterocycles. The van der Waals surface area contributed by atoms with Crippen molar-refractivity contribution in [1.82, 2.24) is 9.88 Å². The molecule has 5 rings (SSSR count). The molecule has 3 heterocycles. The lowest BCUT2D eigenvalue weighted by molar-refractivity contribution is 0.200. The van der Waals surface area contributed by atoms with Gasteiger partial charge in [-0.2, -0.15) is 0 Å². The Bertz CT molecular complexity index is 1170. The van der Waals surface area contributed by atoms with E-state index in [4.69, 9.17) is 21.1 Å². The summed E-state index contributed by atoms with van der Waals surface area (Å²) in [6.45, 7) is 3.48. The van der Waals surface area contributed by atoms with Gasteiger partial charge in [-0.15, -0.1) is 0 Å². The minimum Gasteiger partial charge on any atom is -0.491 e. The third kappa shape index (κ3) is 5.69. The third-order valence-corrected chi connectivity index (χ3v) is 7.15. The lowest BCUT2D eigenvalue weighted by Gasteiger charge is -2.32. The first-order valence-corrected chi connectivity index (χ1v) is 12.7. The van der Waals surface area contributed by atoms with Crippen molar-refractivity contribution in [3.05, 3.63) is 88.6 Å². The van der Waals surface area contributed by atoms with Crippen molar-refractivity contribution in [3.8, 4) is 17.4 Å². The Labute approximate surface area is 212 Å². The number of hydrogen-bond acceptors (Lipinski definition) is 5. The van der Waals surface area contributed by atoms with Crippen LogP contribution in [0.15, 0.2) is 66.9 Å². The fraction of sp³-hybridized carbons (Fsp3) is 0.345. The molecule has 5 nitrogen and oxygen atoms in total. The van der Waals surface area contributed by atoms with Gasteiger partial charge in [0.25, 0.3) is 0 Å². The van der Waals surface area contributed by atoms with Gasteiger partial charge < -0.3 is 19.5 Å². The number of allylic oxidation sites excluding steroid dienone is 1. The molecule has 3 aromatic rings. The van der Waals surface area contributed by atoms with E-state index in [1.807, 2.05) is 36.4 Å². The number of aliphatic hydroxyl groups excluding tert-OH is 1. The van der Waals surface area contributed by atoms with Crippen LogP contribution in [0.1, 0.15) is 41.9 Å². The summed E-state index contributed by atoms with van der Waals surface area (Å²) in [4.78, 5) is 7.06. The van der Waals surface area contributed by atoms with Gasteiger partial charge in [-0.1, -0.05) is 35.9 Å². The molecule has 0 bridgehead atoms. The second-order valence-electron chi connectivity index (χ2n) is 9.13. The average Bonchev–Trinajstić information content (AvgIpc) is 3.05. The Hall–Kier alpha value is -2.86. The van der Waals surface area contributed by atoms with Crippen molar-refractivity contribution in [2.24, 2.45) is 0 Å². The van der Waals surface area contributed by atoms with Crippen LogP contribution >= 0.6 is 11.6 Å². The standard InChI is InChI=1S/C29H31ClN2O3/c30-24-10-8-21(9-11-24)22-12-16-32(17-13-22)15-3-4-23-20-26-27(34-19-18-33)6-1-7-28(26)35-29-25(23)5-2-14-31-29/h1-2,4-11,14,22,33H,3,12-13,15-20H2/b23-4-. The van der Waals surface area contributed by atoms with E-state index in [0.29, 0.717) is 18.2 Å². The Morgan fingerprint density at radius 2 is 1.91 bits per heavy atom. The molecule has 0 amide bonds. The molecule has 182 valence electrons. The van der Waals surface area contributed by atoms with Crippen LogP contribution in [0.25, 0.3) is 5.57 Å². The normalized spacial score (nSPS) is 17.4. The van der Waals surface area contributed by atoms with Gasteiger partial charge in [0, 0.05) is 35.3 Å². The molecule has 35 heavy (non-hydrogen) atoms. The van der Waals surface area contributed by atoms with Crippen molar-refractivity contribution in [3.63, 3.8) is 0 Å². The molecule has 1 saturated heterocycles. The first-order chi connectivity index (χ1) is 17.2. The van der Waals surface area contributed by atoms with Gasteiger partial charge in [0.05, 0.1) is 6.61 Å². The summed E-state index contributed by atoms with van der Waals surface area (Å²) < 4.78 is 12.0. The molecule has 0 aliphatic carbocycles. The number of likely N-dealkylation sites (tertiary alicyclic amines) is 1. The first-order valence-electron chi connectivity index (χ1n) is 12.4. The van der Waals surface area contributed by atoms with Gasteiger partial charge in [-0.05, 0) is 85.8 Å². The minimum absolute atomic E-state index is 0.0241. The van der Waals surface area contributed by atoms with E-state index in [2.05, 4.69) is 34.2 Å². The molecular formula is C29H31ClN2O3. The van der Waals surface area contributed by atoms with E-state index in [1.165, 1.54) is 24.0 Å². The van der Waals surface area contributed by atoms with Crippen LogP contribution in [0.4, 0.5) is 0 Å². The Kier molecular flexibility index (Phi) is 7.67. The molecule has 0 unspecified atom stereocenters. The number of benzene rings is 2. The smallest absolute Gasteiger partial charge is 0.226 e. The maximum absolute atomic E-state index is 9.23. The number of aliphatic hydroxyl groups is 1. The van der Waals surface area contributed by atoms with Crippen LogP contribution in [-0.4, -0.2) is 47.8 Å². The summed E-state index contributed by atoms with van der Waals surface area (Å²) in [6, 6.07) is 18.2. The van der Waals surface area contributed by atoms with Crippen LogP contribution in [-0.2, 0) is 6.42 Å². The zero-order chi connectivity index (χ0) is 24.0. The molecule has 6 heteroatoms. The summed E-state index contributed by atoms with van der Waals surface area (Å²) in [5.74, 6) is 2.75. The summed E-state index contributed by atoms with van der Waals surface area (Å²) in [6.07, 6.45) is 8.11. The quantitative estimate of drug-likeness (QED) is 0.433. The molecule has 0 spiro atoms. The van der Waals surface area contributed by atoms with E-state index in [9.17, 15) is 5.11 Å². The van der Waals surface area contributed by atoms with Gasteiger partial charge in [0.15, 0.2) is 0 Å². The molecule has 1 N–H and O–H groups in total. The maximum Gasteiger partial charge on any atom is 0.226 e. The largest absolute Gasteiger partial charge is 0.491 e. The van der Waals surface area contributed by atoms with Gasteiger partial charge >= 0.3 is 0 Å². The van der Waals surface area contributed by atoms with Crippen molar-refractivity contribution >= 4 is 17.2 Å². The van der Waals surface area contributed by atoms with Crippen LogP contribution in [0.3, 0.4) is 0 Å². The van der Waals surface area contributed by atoms with Crippen LogP contribution < -0.4 is 9.47 Å². The van der Waals surface area contributed by atoms with E-state index >= 15 is 0 Å². The molecule has 0 radical (unpaired) electrons. The number of piperidine rings is 1. The number of halogens is 1. The Balaban J connectivity index is 1.27. The molecule has 2 aromatic carbocycles. The highest BCUT2D eigenvalue weighted by Gasteiger charge is 2.23. The molecule has 0 saturated carbocycles. The second kappa shape index (κ2) is 11.3. The minimum atomic E-state index is -0.0241. The zero-order valence-electron chi connectivity index (χ0n) is 19.8. The van der Waals surface area contributed by atoms with Crippen molar-refractivity contribution < 1.29 is 14.6 Å². The number of hydrogen-bond donors (Lipinski definition) is 1. The van der Waals surface area contributed by atoms with Gasteiger partial charge in [-0.3, -0.25) is 0 Å². The highest BCUT2D eigenvalue weighted by atomic mass is 35.5. The van der Waals surface area contributed by atoms with Crippen LogP contribution in [0.5, 0.6) is 17.4 Å². The number of fused-ring (bicyclic) bond motifs is 2. The maximum atomic E-state index is 9.23. The topological polar surface area (TPSA) is 54.8 Å². The molecule has 1 fully saturated rings. The van der Waals surface area contributed by atoms with Crippen LogP contribution in [0.2, 0.25) is 5.02 Å². The molecule has 2 aliphatic rings. The highest BCUT2D eigenvalue weighted by molar-refractivity contribution is 6.30. The van der Waals surface area contributed by atoms with Crippen LogP contribution in [0, 0.1) is 0 Å². The fourth-order valence-corrected chi connectivity index (χ4v) is 5.17. The SMILES string of the molecule is OCCOc1cccc2c1C/C(=C/CCN1CCC(c3ccc(Cl)cc3)CC1)c1cccnc1O2. The van der Waals surface area contributed by atoms with E-state index < -0.39 is 0 Å². The van der Waals surface area contributed by atoms with Crippen molar-refractivity contribution in [2.45, 2.75) is 31.6 Å². The second-order valence-corrected chi connectivity index (χ2v) is 9.56. The Morgan fingerprint density at radius 1 is 1.09 bits per heavy atom. The summed E-state index contributed by atoms with van der Waals surface area (Å²) >= 11 is 6.05.